The summed E-state index contributed by atoms with van der Waals surface area (Å²) in [5.41, 5.74) is 1.54. The Kier molecular flexibility index (Phi) is 1.70. The molecular weight excluding hydrogens is 197 g/mol. The lowest BCUT2D eigenvalue weighted by molar-refractivity contribution is 0.918. The number of aromatic nitrogens is 3. The van der Waals surface area contributed by atoms with Gasteiger partial charge in [-0.15, -0.1) is 0 Å². The Morgan fingerprint density at radius 1 is 1.33 bits per heavy atom. The molecule has 0 bridgehead atoms. The molecule has 62 valence electrons. The molecule has 0 aliphatic carbocycles. The van der Waals surface area contributed by atoms with Crippen molar-refractivity contribution in [3.8, 4) is 0 Å². The molecule has 2 heterocycles. The van der Waals surface area contributed by atoms with Gasteiger partial charge in [0.25, 0.3) is 0 Å². The number of nitrogens with zero attached hydrogens (tertiary/aromatic N) is 3. The van der Waals surface area contributed by atoms with E-state index in [-0.39, 0.29) is 0 Å². The summed E-state index contributed by atoms with van der Waals surface area (Å²) >= 11 is 11.5. The van der Waals surface area contributed by atoms with Crippen LogP contribution in [0, 0.1) is 6.92 Å². The van der Waals surface area contributed by atoms with Gasteiger partial charge in [0.15, 0.2) is 5.65 Å². The molecule has 0 radical (unpaired) electrons. The Bertz CT molecular complexity index is 435. The van der Waals surface area contributed by atoms with Gasteiger partial charge in [0.1, 0.15) is 10.3 Å². The van der Waals surface area contributed by atoms with Crippen molar-refractivity contribution < 1.29 is 0 Å². The van der Waals surface area contributed by atoms with E-state index in [1.807, 2.05) is 13.0 Å². The SMILES string of the molecule is Cc1cc2nc(Cl)cc(Cl)n2n1. The summed E-state index contributed by atoms with van der Waals surface area (Å²) in [6.07, 6.45) is 0. The number of aryl methyl sites for hydroxylation is 1. The molecule has 0 saturated carbocycles. The number of hydrogen-bond donors (Lipinski definition) is 0. The van der Waals surface area contributed by atoms with E-state index < -0.39 is 0 Å². The Labute approximate surface area is 78.9 Å². The van der Waals surface area contributed by atoms with Crippen molar-refractivity contribution in [1.82, 2.24) is 14.6 Å². The zero-order valence-electron chi connectivity index (χ0n) is 6.25. The first-order valence-electron chi connectivity index (χ1n) is 3.35. The zero-order chi connectivity index (χ0) is 8.72. The highest BCUT2D eigenvalue weighted by atomic mass is 35.5. The number of hydrogen-bond acceptors (Lipinski definition) is 2. The maximum absolute atomic E-state index is 5.85. The predicted octanol–water partition coefficient (Wildman–Crippen LogP) is 2.34. The van der Waals surface area contributed by atoms with Crippen molar-refractivity contribution in [3.05, 3.63) is 28.1 Å². The highest BCUT2D eigenvalue weighted by Crippen LogP contribution is 2.16. The summed E-state index contributed by atoms with van der Waals surface area (Å²) in [5.74, 6) is 0. The molecule has 0 amide bonds. The summed E-state index contributed by atoms with van der Waals surface area (Å²) in [5, 5.41) is 4.97. The number of fused-ring (bicyclic) bond motifs is 1. The van der Waals surface area contributed by atoms with Crippen LogP contribution in [-0.2, 0) is 0 Å². The van der Waals surface area contributed by atoms with Crippen LogP contribution in [0.1, 0.15) is 5.69 Å². The van der Waals surface area contributed by atoms with Gasteiger partial charge in [0.05, 0.1) is 5.69 Å². The molecule has 5 heteroatoms. The fourth-order valence-corrected chi connectivity index (χ4v) is 1.50. The second kappa shape index (κ2) is 2.61. The van der Waals surface area contributed by atoms with E-state index in [1.165, 1.54) is 0 Å². The van der Waals surface area contributed by atoms with Crippen LogP contribution in [0.5, 0.6) is 0 Å². The lowest BCUT2D eigenvalue weighted by Crippen LogP contribution is -1.91. The van der Waals surface area contributed by atoms with E-state index in [9.17, 15) is 0 Å². The second-order valence-corrected chi connectivity index (χ2v) is 3.23. The first kappa shape index (κ1) is 7.83. The maximum atomic E-state index is 5.85. The van der Waals surface area contributed by atoms with Crippen LogP contribution in [0.3, 0.4) is 0 Å². The monoisotopic (exact) mass is 201 g/mol. The van der Waals surface area contributed by atoms with Crippen LogP contribution >= 0.6 is 23.2 Å². The topological polar surface area (TPSA) is 30.2 Å². The second-order valence-electron chi connectivity index (χ2n) is 2.46. The van der Waals surface area contributed by atoms with Gasteiger partial charge in [-0.25, -0.2) is 9.50 Å². The third kappa shape index (κ3) is 1.15. The van der Waals surface area contributed by atoms with Gasteiger partial charge in [-0.2, -0.15) is 5.10 Å². The first-order valence-corrected chi connectivity index (χ1v) is 4.11. The van der Waals surface area contributed by atoms with E-state index in [4.69, 9.17) is 23.2 Å². The fourth-order valence-electron chi connectivity index (χ4n) is 1.02. The quantitative estimate of drug-likeness (QED) is 0.613. The smallest absolute Gasteiger partial charge is 0.158 e. The Hall–Kier alpha value is -0.800. The molecule has 2 rings (SSSR count). The lowest BCUT2D eigenvalue weighted by atomic mass is 10.5. The van der Waals surface area contributed by atoms with Crippen molar-refractivity contribution in [1.29, 1.82) is 0 Å². The van der Waals surface area contributed by atoms with Crippen molar-refractivity contribution in [2.75, 3.05) is 0 Å². The van der Waals surface area contributed by atoms with Crippen LogP contribution in [-0.4, -0.2) is 14.6 Å². The van der Waals surface area contributed by atoms with E-state index in [0.717, 1.165) is 5.69 Å². The molecule has 3 nitrogen and oxygen atoms in total. The van der Waals surface area contributed by atoms with Crippen LogP contribution < -0.4 is 0 Å². The molecule has 2 aromatic rings. The van der Waals surface area contributed by atoms with Gasteiger partial charge in [0.2, 0.25) is 0 Å². The minimum Gasteiger partial charge on any atom is -0.217 e. The zero-order valence-corrected chi connectivity index (χ0v) is 7.76. The molecule has 0 fully saturated rings. The van der Waals surface area contributed by atoms with E-state index in [2.05, 4.69) is 10.1 Å². The molecule has 0 spiro atoms. The van der Waals surface area contributed by atoms with Gasteiger partial charge in [-0.3, -0.25) is 0 Å². The average Bonchev–Trinajstić information content (AvgIpc) is 2.29. The minimum atomic E-state index is 0.382. The third-order valence-corrected chi connectivity index (χ3v) is 1.94. The fraction of sp³-hybridized carbons (Fsp3) is 0.143. The Balaban J connectivity index is 2.88. The summed E-state index contributed by atoms with van der Waals surface area (Å²) in [4.78, 5) is 4.04. The molecule has 0 N–H and O–H groups in total. The van der Waals surface area contributed by atoms with Crippen molar-refractivity contribution in [3.63, 3.8) is 0 Å². The molecule has 0 aromatic carbocycles. The summed E-state index contributed by atoms with van der Waals surface area (Å²) in [6.45, 7) is 1.87. The molecule has 0 saturated heterocycles. The van der Waals surface area contributed by atoms with Gasteiger partial charge in [-0.1, -0.05) is 23.2 Å². The highest BCUT2D eigenvalue weighted by molar-refractivity contribution is 6.33. The van der Waals surface area contributed by atoms with Crippen LogP contribution in [0.25, 0.3) is 5.65 Å². The summed E-state index contributed by atoms with van der Waals surface area (Å²) < 4.78 is 1.54. The number of rotatable bonds is 0. The van der Waals surface area contributed by atoms with E-state index >= 15 is 0 Å². The van der Waals surface area contributed by atoms with E-state index in [1.54, 1.807) is 10.6 Å². The van der Waals surface area contributed by atoms with Crippen LogP contribution in [0.2, 0.25) is 10.3 Å². The average molecular weight is 202 g/mol. The summed E-state index contributed by atoms with van der Waals surface area (Å²) in [7, 11) is 0. The van der Waals surface area contributed by atoms with Crippen LogP contribution in [0.4, 0.5) is 0 Å². The lowest BCUT2D eigenvalue weighted by Gasteiger charge is -1.95. The minimum absolute atomic E-state index is 0.382. The first-order chi connectivity index (χ1) is 5.66. The van der Waals surface area contributed by atoms with Crippen molar-refractivity contribution in [2.24, 2.45) is 0 Å². The van der Waals surface area contributed by atoms with Gasteiger partial charge >= 0.3 is 0 Å². The normalized spacial score (nSPS) is 10.9. The largest absolute Gasteiger partial charge is 0.217 e. The van der Waals surface area contributed by atoms with Gasteiger partial charge in [-0.05, 0) is 6.92 Å². The maximum Gasteiger partial charge on any atom is 0.158 e. The van der Waals surface area contributed by atoms with Gasteiger partial charge < -0.3 is 0 Å². The molecule has 0 aliphatic heterocycles. The Morgan fingerprint density at radius 3 is 2.83 bits per heavy atom. The molecule has 2 aromatic heterocycles. The predicted molar refractivity (Wildman–Crippen MR) is 47.7 cm³/mol. The summed E-state index contributed by atoms with van der Waals surface area (Å²) in [6, 6.07) is 3.38. The van der Waals surface area contributed by atoms with Crippen LogP contribution in [0.15, 0.2) is 12.1 Å². The number of halogens is 2. The molecule has 0 aliphatic rings. The third-order valence-electron chi connectivity index (χ3n) is 1.47. The highest BCUT2D eigenvalue weighted by Gasteiger charge is 2.03. The molecular formula is C7H5Cl2N3. The van der Waals surface area contributed by atoms with Gasteiger partial charge in [0, 0.05) is 12.1 Å². The van der Waals surface area contributed by atoms with Crippen molar-refractivity contribution >= 4 is 28.8 Å². The Morgan fingerprint density at radius 2 is 2.08 bits per heavy atom. The van der Waals surface area contributed by atoms with Crippen molar-refractivity contribution in [2.45, 2.75) is 6.92 Å². The standard InChI is InChI=1S/C7H5Cl2N3/c1-4-2-7-10-5(8)3-6(9)12(7)11-4/h2-3H,1H3. The molecule has 12 heavy (non-hydrogen) atoms. The van der Waals surface area contributed by atoms with E-state index in [0.29, 0.717) is 16.0 Å². The molecule has 0 unspecified atom stereocenters. The molecule has 0 atom stereocenters.